The lowest BCUT2D eigenvalue weighted by Crippen LogP contribution is -2.03. The maximum atomic E-state index is 14.0. The average Bonchev–Trinajstić information content (AvgIpc) is 2.50. The van der Waals surface area contributed by atoms with Crippen LogP contribution in [0.25, 0.3) is 10.8 Å². The van der Waals surface area contributed by atoms with Gasteiger partial charge in [0.2, 0.25) is 5.82 Å². The van der Waals surface area contributed by atoms with E-state index in [1.54, 1.807) is 13.8 Å². The molecule has 22 heavy (non-hydrogen) atoms. The molecule has 3 nitrogen and oxygen atoms in total. The first-order valence-electron chi connectivity index (χ1n) is 6.96. The van der Waals surface area contributed by atoms with Crippen molar-refractivity contribution in [1.82, 2.24) is 0 Å². The molecule has 0 atom stereocenters. The third-order valence-corrected chi connectivity index (χ3v) is 3.22. The van der Waals surface area contributed by atoms with Crippen molar-refractivity contribution in [3.63, 3.8) is 0 Å². The molecule has 0 spiro atoms. The molecule has 2 aromatic rings. The van der Waals surface area contributed by atoms with Crippen molar-refractivity contribution in [2.75, 3.05) is 12.8 Å². The van der Waals surface area contributed by atoms with Crippen molar-refractivity contribution in [3.8, 4) is 11.5 Å². The summed E-state index contributed by atoms with van der Waals surface area (Å²) in [5, 5.41) is 9.39. The van der Waals surface area contributed by atoms with Gasteiger partial charge in [0.05, 0.1) is 18.2 Å². The van der Waals surface area contributed by atoms with Crippen molar-refractivity contribution in [2.45, 2.75) is 33.6 Å². The Kier molecular flexibility index (Phi) is 5.52. The number of phenolic OH excluding ortho intramolecular Hbond substituents is 1. The molecule has 2 rings (SSSR count). The van der Waals surface area contributed by atoms with E-state index in [2.05, 4.69) is 0 Å². The van der Waals surface area contributed by atoms with E-state index >= 15 is 0 Å². The van der Waals surface area contributed by atoms with Crippen LogP contribution in [0, 0.1) is 17.5 Å². The molecular formula is C16H20F3NO2. The summed E-state index contributed by atoms with van der Waals surface area (Å²) in [6.07, 6.45) is 0. The van der Waals surface area contributed by atoms with E-state index in [-0.39, 0.29) is 17.0 Å². The highest BCUT2D eigenvalue weighted by molar-refractivity contribution is 6.00. The number of nitrogen functional groups attached to an aromatic ring is 1. The number of methoxy groups -OCH3 is 1. The molecular weight excluding hydrogens is 295 g/mol. The maximum Gasteiger partial charge on any atom is 0.204 e. The van der Waals surface area contributed by atoms with E-state index in [9.17, 15) is 18.3 Å². The summed E-state index contributed by atoms with van der Waals surface area (Å²) in [4.78, 5) is 0. The number of halogens is 3. The van der Waals surface area contributed by atoms with Crippen LogP contribution >= 0.6 is 0 Å². The quantitative estimate of drug-likeness (QED) is 0.480. The fraction of sp³-hybridized carbons (Fsp3) is 0.375. The summed E-state index contributed by atoms with van der Waals surface area (Å²) in [5.41, 5.74) is 5.96. The lowest BCUT2D eigenvalue weighted by molar-refractivity contribution is 0.366. The fourth-order valence-corrected chi connectivity index (χ4v) is 2.24. The average molecular weight is 315 g/mol. The SMILES string of the molecule is CC.COc1c(F)c(F)c(F)c2c(O)c(N)cc(C(C)C)c12. The van der Waals surface area contributed by atoms with E-state index in [0.717, 1.165) is 7.11 Å². The van der Waals surface area contributed by atoms with Gasteiger partial charge in [-0.1, -0.05) is 27.7 Å². The Hall–Kier alpha value is -2.11. The number of benzene rings is 2. The molecule has 0 heterocycles. The molecule has 0 unspecified atom stereocenters. The topological polar surface area (TPSA) is 55.5 Å². The van der Waals surface area contributed by atoms with Gasteiger partial charge in [-0.3, -0.25) is 0 Å². The van der Waals surface area contributed by atoms with Crippen LogP contribution in [0.5, 0.6) is 11.5 Å². The predicted octanol–water partition coefficient (Wildman–Crippen LogP) is 4.70. The Labute approximate surface area is 127 Å². The van der Waals surface area contributed by atoms with Crippen molar-refractivity contribution >= 4 is 16.5 Å². The van der Waals surface area contributed by atoms with Gasteiger partial charge < -0.3 is 15.6 Å². The molecule has 0 bridgehead atoms. The van der Waals surface area contributed by atoms with E-state index in [4.69, 9.17) is 10.5 Å². The number of ether oxygens (including phenoxy) is 1. The van der Waals surface area contributed by atoms with E-state index < -0.39 is 34.3 Å². The first-order valence-corrected chi connectivity index (χ1v) is 6.96. The first kappa shape index (κ1) is 17.9. The van der Waals surface area contributed by atoms with Gasteiger partial charge in [0.25, 0.3) is 0 Å². The Balaban J connectivity index is 0.00000116. The van der Waals surface area contributed by atoms with Gasteiger partial charge >= 0.3 is 0 Å². The third kappa shape index (κ3) is 2.65. The minimum atomic E-state index is -1.70. The zero-order valence-corrected chi connectivity index (χ0v) is 13.2. The van der Waals surface area contributed by atoms with Gasteiger partial charge in [-0.15, -0.1) is 0 Å². The maximum absolute atomic E-state index is 14.0. The Morgan fingerprint density at radius 1 is 1.05 bits per heavy atom. The first-order chi connectivity index (χ1) is 10.3. The Morgan fingerprint density at radius 2 is 1.59 bits per heavy atom. The summed E-state index contributed by atoms with van der Waals surface area (Å²) >= 11 is 0. The fourth-order valence-electron chi connectivity index (χ4n) is 2.24. The van der Waals surface area contributed by atoms with Gasteiger partial charge in [-0.2, -0.15) is 4.39 Å². The molecule has 3 N–H and O–H groups in total. The molecule has 0 radical (unpaired) electrons. The van der Waals surface area contributed by atoms with Crippen LogP contribution < -0.4 is 10.5 Å². The summed E-state index contributed by atoms with van der Waals surface area (Å²) in [7, 11) is 1.15. The number of aromatic hydroxyl groups is 1. The predicted molar refractivity (Wildman–Crippen MR) is 81.9 cm³/mol. The zero-order valence-electron chi connectivity index (χ0n) is 13.2. The molecule has 0 aromatic heterocycles. The summed E-state index contributed by atoms with van der Waals surface area (Å²) in [6, 6.07) is 1.40. The van der Waals surface area contributed by atoms with E-state index in [1.807, 2.05) is 13.8 Å². The van der Waals surface area contributed by atoms with Crippen LogP contribution in [0.3, 0.4) is 0 Å². The van der Waals surface area contributed by atoms with Crippen molar-refractivity contribution in [1.29, 1.82) is 0 Å². The van der Waals surface area contributed by atoms with Crippen molar-refractivity contribution in [3.05, 3.63) is 29.1 Å². The summed E-state index contributed by atoms with van der Waals surface area (Å²) in [6.45, 7) is 7.56. The zero-order chi connectivity index (χ0) is 17.2. The number of hydrogen-bond donors (Lipinski definition) is 2. The van der Waals surface area contributed by atoms with Crippen molar-refractivity contribution < 1.29 is 23.0 Å². The standard InChI is InChI=1S/C14H14F3NO2.C2H6/c1-5(2)6-4-7(18)13(19)9-8(6)14(20-3)12(17)11(16)10(9)15;1-2/h4-5,19H,18H2,1-3H3;1-2H3. The third-order valence-electron chi connectivity index (χ3n) is 3.22. The molecule has 122 valence electrons. The Morgan fingerprint density at radius 3 is 2.05 bits per heavy atom. The van der Waals surface area contributed by atoms with Gasteiger partial charge in [-0.25, -0.2) is 8.78 Å². The highest BCUT2D eigenvalue weighted by atomic mass is 19.2. The minimum Gasteiger partial charge on any atom is -0.505 e. The monoisotopic (exact) mass is 315 g/mol. The van der Waals surface area contributed by atoms with Crippen LogP contribution in [0.15, 0.2) is 6.07 Å². The van der Waals surface area contributed by atoms with Crippen LogP contribution in [0.1, 0.15) is 39.2 Å². The van der Waals surface area contributed by atoms with Gasteiger partial charge in [0.15, 0.2) is 17.4 Å². The molecule has 0 fully saturated rings. The normalized spacial score (nSPS) is 10.6. The van der Waals surface area contributed by atoms with E-state index in [0.29, 0.717) is 5.56 Å². The highest BCUT2D eigenvalue weighted by Gasteiger charge is 2.27. The second-order valence-electron chi connectivity index (χ2n) is 4.78. The van der Waals surface area contributed by atoms with Gasteiger partial charge in [0, 0.05) is 5.39 Å². The number of hydrogen-bond acceptors (Lipinski definition) is 3. The number of anilines is 1. The second-order valence-corrected chi connectivity index (χ2v) is 4.78. The van der Waals surface area contributed by atoms with Crippen LogP contribution in [0.4, 0.5) is 18.9 Å². The number of fused-ring (bicyclic) bond motifs is 1. The summed E-state index contributed by atoms with van der Waals surface area (Å²) in [5.74, 6) is -5.84. The van der Waals surface area contributed by atoms with E-state index in [1.165, 1.54) is 6.07 Å². The number of phenols is 1. The molecule has 0 aliphatic carbocycles. The summed E-state index contributed by atoms with van der Waals surface area (Å²) < 4.78 is 46.2. The molecule has 0 saturated heterocycles. The Bertz CT molecular complexity index is 700. The molecule has 0 aliphatic heterocycles. The lowest BCUT2D eigenvalue weighted by Gasteiger charge is -2.17. The molecule has 2 aromatic carbocycles. The van der Waals surface area contributed by atoms with Gasteiger partial charge in [-0.05, 0) is 17.5 Å². The molecule has 0 saturated carbocycles. The lowest BCUT2D eigenvalue weighted by atomic mass is 9.93. The number of nitrogens with two attached hydrogens (primary N) is 1. The van der Waals surface area contributed by atoms with Crippen molar-refractivity contribution in [2.24, 2.45) is 0 Å². The van der Waals surface area contributed by atoms with Crippen LogP contribution in [0.2, 0.25) is 0 Å². The van der Waals surface area contributed by atoms with Crippen LogP contribution in [-0.2, 0) is 0 Å². The number of rotatable bonds is 2. The molecule has 0 aliphatic rings. The molecule has 6 heteroatoms. The molecule has 0 amide bonds. The highest BCUT2D eigenvalue weighted by Crippen LogP contribution is 2.44. The smallest absolute Gasteiger partial charge is 0.204 e. The minimum absolute atomic E-state index is 0.00870. The van der Waals surface area contributed by atoms with Crippen LogP contribution in [-0.4, -0.2) is 12.2 Å². The largest absolute Gasteiger partial charge is 0.505 e. The second kappa shape index (κ2) is 6.77. The van der Waals surface area contributed by atoms with Gasteiger partial charge in [0.1, 0.15) is 5.75 Å².